The van der Waals surface area contributed by atoms with Gasteiger partial charge in [-0.15, -0.1) is 0 Å². The van der Waals surface area contributed by atoms with Crippen LogP contribution in [0, 0.1) is 0 Å². The molecule has 7 heteroatoms. The van der Waals surface area contributed by atoms with Crippen LogP contribution in [0.4, 0.5) is 10.5 Å². The normalized spacial score (nSPS) is 9.95. The Kier molecular flexibility index (Phi) is 5.59. The lowest BCUT2D eigenvalue weighted by Gasteiger charge is -2.06. The summed E-state index contributed by atoms with van der Waals surface area (Å²) in [5.74, 6) is -0.367. The summed E-state index contributed by atoms with van der Waals surface area (Å²) in [6, 6.07) is 11.7. The van der Waals surface area contributed by atoms with Crippen LogP contribution in [0.15, 0.2) is 53.7 Å². The van der Waals surface area contributed by atoms with Crippen LogP contribution in [0.5, 0.6) is 0 Å². The van der Waals surface area contributed by atoms with Crippen molar-refractivity contribution >= 4 is 41.0 Å². The molecule has 0 unspecified atom stereocenters. The second-order valence-electron chi connectivity index (χ2n) is 3.95. The molecule has 5 nitrogen and oxygen atoms in total. The minimum absolute atomic E-state index is 0.0545. The van der Waals surface area contributed by atoms with Gasteiger partial charge in [-0.2, -0.15) is 0 Å². The SMILES string of the molecule is O=C(CSc1ncccc1Cl)NC(=O)Nc1ccccc1. The second kappa shape index (κ2) is 7.66. The first-order valence-electron chi connectivity index (χ1n) is 6.04. The first-order valence-corrected chi connectivity index (χ1v) is 7.40. The quantitative estimate of drug-likeness (QED) is 0.848. The van der Waals surface area contributed by atoms with E-state index in [2.05, 4.69) is 15.6 Å². The Balaban J connectivity index is 1.79. The van der Waals surface area contributed by atoms with Gasteiger partial charge in [-0.1, -0.05) is 41.6 Å². The lowest BCUT2D eigenvalue weighted by molar-refractivity contribution is -0.117. The fraction of sp³-hybridized carbons (Fsp3) is 0.0714. The number of rotatable bonds is 4. The highest BCUT2D eigenvalue weighted by Crippen LogP contribution is 2.23. The third-order valence-electron chi connectivity index (χ3n) is 2.35. The standard InChI is InChI=1S/C14H12ClN3O2S/c15-11-7-4-8-16-13(11)21-9-12(19)18-14(20)17-10-5-2-1-3-6-10/h1-8H,9H2,(H2,17,18,19,20). The number of benzene rings is 1. The van der Waals surface area contributed by atoms with Crippen molar-refractivity contribution in [3.8, 4) is 0 Å². The molecule has 0 atom stereocenters. The van der Waals surface area contributed by atoms with Crippen molar-refractivity contribution < 1.29 is 9.59 Å². The van der Waals surface area contributed by atoms with Crippen molar-refractivity contribution in [2.75, 3.05) is 11.1 Å². The van der Waals surface area contributed by atoms with Crippen LogP contribution >= 0.6 is 23.4 Å². The number of nitrogens with one attached hydrogen (secondary N) is 2. The maximum Gasteiger partial charge on any atom is 0.325 e. The molecule has 21 heavy (non-hydrogen) atoms. The molecule has 0 aliphatic heterocycles. The van der Waals surface area contributed by atoms with E-state index in [0.29, 0.717) is 15.7 Å². The average molecular weight is 322 g/mol. The molecule has 2 N–H and O–H groups in total. The van der Waals surface area contributed by atoms with Gasteiger partial charge >= 0.3 is 6.03 Å². The fourth-order valence-corrected chi connectivity index (χ4v) is 2.42. The molecular weight excluding hydrogens is 310 g/mol. The number of aromatic nitrogens is 1. The molecule has 1 aromatic heterocycles. The molecule has 3 amide bonds. The van der Waals surface area contributed by atoms with E-state index in [1.165, 1.54) is 11.8 Å². The maximum absolute atomic E-state index is 11.7. The molecule has 1 aromatic carbocycles. The van der Waals surface area contributed by atoms with Gasteiger partial charge in [0.05, 0.1) is 10.8 Å². The molecule has 2 aromatic rings. The Morgan fingerprint density at radius 2 is 1.90 bits per heavy atom. The van der Waals surface area contributed by atoms with Crippen LogP contribution in [0.25, 0.3) is 0 Å². The molecule has 0 aliphatic rings. The van der Waals surface area contributed by atoms with Crippen LogP contribution in [-0.2, 0) is 4.79 Å². The molecule has 0 spiro atoms. The van der Waals surface area contributed by atoms with E-state index in [9.17, 15) is 9.59 Å². The number of nitrogens with zero attached hydrogens (tertiary/aromatic N) is 1. The summed E-state index contributed by atoms with van der Waals surface area (Å²) in [6.07, 6.45) is 1.59. The van der Waals surface area contributed by atoms with E-state index in [4.69, 9.17) is 11.6 Å². The first-order chi connectivity index (χ1) is 10.1. The number of amides is 3. The van der Waals surface area contributed by atoms with E-state index in [-0.39, 0.29) is 5.75 Å². The lowest BCUT2D eigenvalue weighted by atomic mass is 10.3. The number of halogens is 1. The summed E-state index contributed by atoms with van der Waals surface area (Å²) in [5, 5.41) is 5.83. The minimum Gasteiger partial charge on any atom is -0.308 e. The average Bonchev–Trinajstić information content (AvgIpc) is 2.47. The molecule has 0 radical (unpaired) electrons. The number of para-hydroxylation sites is 1. The zero-order chi connectivity index (χ0) is 15.1. The largest absolute Gasteiger partial charge is 0.325 e. The Labute approximate surface area is 131 Å². The lowest BCUT2D eigenvalue weighted by Crippen LogP contribution is -2.35. The molecule has 108 valence electrons. The number of hydrogen-bond donors (Lipinski definition) is 2. The van der Waals surface area contributed by atoms with Crippen LogP contribution in [0.3, 0.4) is 0 Å². The summed E-state index contributed by atoms with van der Waals surface area (Å²) in [4.78, 5) is 27.3. The summed E-state index contributed by atoms with van der Waals surface area (Å²) < 4.78 is 0. The highest BCUT2D eigenvalue weighted by atomic mass is 35.5. The highest BCUT2D eigenvalue weighted by molar-refractivity contribution is 8.00. The molecular formula is C14H12ClN3O2S. The van der Waals surface area contributed by atoms with Crippen molar-refractivity contribution in [1.82, 2.24) is 10.3 Å². The predicted octanol–water partition coefficient (Wildman–Crippen LogP) is 3.18. The van der Waals surface area contributed by atoms with Crippen LogP contribution in [-0.4, -0.2) is 22.7 Å². The molecule has 0 fully saturated rings. The number of thioether (sulfide) groups is 1. The van der Waals surface area contributed by atoms with Gasteiger partial charge in [0.25, 0.3) is 0 Å². The number of imide groups is 1. The minimum atomic E-state index is -0.570. The van der Waals surface area contributed by atoms with Gasteiger partial charge in [0.15, 0.2) is 0 Å². The molecule has 0 bridgehead atoms. The predicted molar refractivity (Wildman–Crippen MR) is 83.6 cm³/mol. The van der Waals surface area contributed by atoms with E-state index >= 15 is 0 Å². The third-order valence-corrected chi connectivity index (χ3v) is 3.77. The van der Waals surface area contributed by atoms with E-state index in [1.54, 1.807) is 42.6 Å². The second-order valence-corrected chi connectivity index (χ2v) is 5.32. The Hall–Kier alpha value is -2.05. The van der Waals surface area contributed by atoms with Gasteiger partial charge in [0.1, 0.15) is 5.03 Å². The summed E-state index contributed by atoms with van der Waals surface area (Å²) in [6.45, 7) is 0. The van der Waals surface area contributed by atoms with Crippen molar-refractivity contribution in [2.45, 2.75) is 5.03 Å². The summed E-state index contributed by atoms with van der Waals surface area (Å²) in [5.41, 5.74) is 0.614. The highest BCUT2D eigenvalue weighted by Gasteiger charge is 2.10. The molecule has 0 saturated carbocycles. The zero-order valence-corrected chi connectivity index (χ0v) is 12.4. The van der Waals surface area contributed by atoms with Crippen LogP contribution in [0.2, 0.25) is 5.02 Å². The smallest absolute Gasteiger partial charge is 0.308 e. The van der Waals surface area contributed by atoms with Crippen LogP contribution < -0.4 is 10.6 Å². The van der Waals surface area contributed by atoms with Gasteiger partial charge in [-0.3, -0.25) is 10.1 Å². The Morgan fingerprint density at radius 1 is 1.14 bits per heavy atom. The molecule has 0 aliphatic carbocycles. The van der Waals surface area contributed by atoms with Crippen molar-refractivity contribution in [3.05, 3.63) is 53.7 Å². The van der Waals surface area contributed by atoms with Crippen molar-refractivity contribution in [3.63, 3.8) is 0 Å². The number of carbonyl (C=O) groups excluding carboxylic acids is 2. The monoisotopic (exact) mass is 321 g/mol. The zero-order valence-electron chi connectivity index (χ0n) is 10.9. The summed E-state index contributed by atoms with van der Waals surface area (Å²) >= 11 is 7.09. The van der Waals surface area contributed by atoms with E-state index < -0.39 is 11.9 Å². The van der Waals surface area contributed by atoms with E-state index in [0.717, 1.165) is 0 Å². The molecule has 0 saturated heterocycles. The molecule has 1 heterocycles. The number of carbonyl (C=O) groups is 2. The van der Waals surface area contributed by atoms with Crippen molar-refractivity contribution in [1.29, 1.82) is 0 Å². The maximum atomic E-state index is 11.7. The fourth-order valence-electron chi connectivity index (χ4n) is 1.46. The Bertz CT molecular complexity index is 637. The third kappa shape index (κ3) is 5.09. The summed E-state index contributed by atoms with van der Waals surface area (Å²) in [7, 11) is 0. The Morgan fingerprint density at radius 3 is 2.62 bits per heavy atom. The topological polar surface area (TPSA) is 71.1 Å². The van der Waals surface area contributed by atoms with Crippen molar-refractivity contribution in [2.24, 2.45) is 0 Å². The number of urea groups is 1. The van der Waals surface area contributed by atoms with Gasteiger partial charge < -0.3 is 5.32 Å². The first kappa shape index (κ1) is 15.3. The number of pyridine rings is 1. The van der Waals surface area contributed by atoms with Crippen LogP contribution in [0.1, 0.15) is 0 Å². The van der Waals surface area contributed by atoms with Gasteiger partial charge in [0.2, 0.25) is 5.91 Å². The van der Waals surface area contributed by atoms with E-state index in [1.807, 2.05) is 6.07 Å². The number of anilines is 1. The molecule has 2 rings (SSSR count). The van der Waals surface area contributed by atoms with Gasteiger partial charge in [-0.25, -0.2) is 9.78 Å². The van der Waals surface area contributed by atoms with Gasteiger partial charge in [-0.05, 0) is 24.3 Å². The van der Waals surface area contributed by atoms with Gasteiger partial charge in [0, 0.05) is 11.9 Å². The number of hydrogen-bond acceptors (Lipinski definition) is 4.